The summed E-state index contributed by atoms with van der Waals surface area (Å²) in [6.07, 6.45) is 0. The van der Waals surface area contributed by atoms with E-state index in [4.69, 9.17) is 4.74 Å². The Morgan fingerprint density at radius 3 is 2.30 bits per heavy atom. The standard InChI is InChI=1S/C24H31N3O3/c1-24(2,3)25-22(28)17-26-13-15-27(16-14-26)23(29)18-30-21-12-8-7-11-20(21)19-9-5-4-6-10-19/h4-12H,13-18H2,1-3H3,(H,25,28)/p+1. The molecule has 0 bridgehead atoms. The summed E-state index contributed by atoms with van der Waals surface area (Å²) in [5.41, 5.74) is 1.82. The molecule has 160 valence electrons. The van der Waals surface area contributed by atoms with E-state index in [2.05, 4.69) is 5.32 Å². The molecule has 1 saturated heterocycles. The van der Waals surface area contributed by atoms with Crippen molar-refractivity contribution in [3.05, 3.63) is 54.6 Å². The monoisotopic (exact) mass is 410 g/mol. The van der Waals surface area contributed by atoms with Crippen molar-refractivity contribution in [1.29, 1.82) is 0 Å². The van der Waals surface area contributed by atoms with E-state index in [1.165, 1.54) is 4.90 Å². The third kappa shape index (κ3) is 6.32. The Morgan fingerprint density at radius 2 is 1.63 bits per heavy atom. The lowest BCUT2D eigenvalue weighted by molar-refractivity contribution is -0.896. The summed E-state index contributed by atoms with van der Waals surface area (Å²) < 4.78 is 5.89. The molecule has 2 N–H and O–H groups in total. The van der Waals surface area contributed by atoms with Crippen LogP contribution in [0.15, 0.2) is 54.6 Å². The molecule has 0 saturated carbocycles. The van der Waals surface area contributed by atoms with Crippen LogP contribution in [0.1, 0.15) is 20.8 Å². The molecule has 2 aromatic carbocycles. The lowest BCUT2D eigenvalue weighted by Gasteiger charge is -2.32. The zero-order chi connectivity index (χ0) is 21.6. The predicted molar refractivity (Wildman–Crippen MR) is 117 cm³/mol. The molecule has 0 atom stereocenters. The molecule has 2 amide bonds. The molecule has 6 nitrogen and oxygen atoms in total. The molecule has 2 aromatic rings. The normalized spacial score (nSPS) is 15.0. The number of nitrogens with zero attached hydrogens (tertiary/aromatic N) is 1. The van der Waals surface area contributed by atoms with Crippen LogP contribution in [0.3, 0.4) is 0 Å². The van der Waals surface area contributed by atoms with Crippen LogP contribution >= 0.6 is 0 Å². The van der Waals surface area contributed by atoms with Crippen LogP contribution in [0, 0.1) is 0 Å². The van der Waals surface area contributed by atoms with Crippen molar-refractivity contribution in [3.63, 3.8) is 0 Å². The van der Waals surface area contributed by atoms with E-state index >= 15 is 0 Å². The highest BCUT2D eigenvalue weighted by Gasteiger charge is 2.26. The second-order valence-corrected chi connectivity index (χ2v) is 8.76. The van der Waals surface area contributed by atoms with Gasteiger partial charge in [0.2, 0.25) is 0 Å². The summed E-state index contributed by atoms with van der Waals surface area (Å²) in [4.78, 5) is 27.8. The van der Waals surface area contributed by atoms with Gasteiger partial charge in [0.15, 0.2) is 13.2 Å². The molecule has 0 spiro atoms. The molecular weight excluding hydrogens is 378 g/mol. The van der Waals surface area contributed by atoms with Crippen LogP contribution in [0.5, 0.6) is 5.75 Å². The number of nitrogens with one attached hydrogen (secondary N) is 2. The lowest BCUT2D eigenvalue weighted by Crippen LogP contribution is -3.16. The number of carbonyl (C=O) groups excluding carboxylic acids is 2. The summed E-state index contributed by atoms with van der Waals surface area (Å²) in [7, 11) is 0. The second kappa shape index (κ2) is 9.76. The average molecular weight is 411 g/mol. The van der Waals surface area contributed by atoms with Crippen LogP contribution in [0.25, 0.3) is 11.1 Å². The molecule has 0 radical (unpaired) electrons. The third-order valence-corrected chi connectivity index (χ3v) is 5.07. The SMILES string of the molecule is CC(C)(C)NC(=O)C[NH+]1CCN(C(=O)COc2ccccc2-c2ccccc2)CC1. The number of ether oxygens (including phenoxy) is 1. The summed E-state index contributed by atoms with van der Waals surface area (Å²) >= 11 is 0. The Morgan fingerprint density at radius 1 is 1.00 bits per heavy atom. The van der Waals surface area contributed by atoms with Gasteiger partial charge in [-0.1, -0.05) is 48.5 Å². The number of hydrogen-bond acceptors (Lipinski definition) is 3. The molecule has 1 aliphatic rings. The summed E-state index contributed by atoms with van der Waals surface area (Å²) in [5.74, 6) is 0.745. The van der Waals surface area contributed by atoms with Crippen molar-refractivity contribution in [2.24, 2.45) is 0 Å². The number of para-hydroxylation sites is 1. The fourth-order valence-corrected chi connectivity index (χ4v) is 3.62. The summed E-state index contributed by atoms with van der Waals surface area (Å²) in [6, 6.07) is 17.8. The predicted octanol–water partition coefficient (Wildman–Crippen LogP) is 1.37. The Labute approximate surface area is 178 Å². The van der Waals surface area contributed by atoms with Crippen LogP contribution in [0.4, 0.5) is 0 Å². The molecule has 1 fully saturated rings. The maximum Gasteiger partial charge on any atom is 0.275 e. The number of carbonyl (C=O) groups is 2. The van der Waals surface area contributed by atoms with Crippen molar-refractivity contribution in [1.82, 2.24) is 10.2 Å². The van der Waals surface area contributed by atoms with Crippen LogP contribution < -0.4 is 15.0 Å². The van der Waals surface area contributed by atoms with E-state index in [1.54, 1.807) is 0 Å². The van der Waals surface area contributed by atoms with Crippen LogP contribution in [-0.4, -0.2) is 61.6 Å². The first-order valence-electron chi connectivity index (χ1n) is 10.5. The molecule has 0 unspecified atom stereocenters. The van der Waals surface area contributed by atoms with Crippen molar-refractivity contribution < 1.29 is 19.2 Å². The number of hydrogen-bond donors (Lipinski definition) is 2. The first-order valence-corrected chi connectivity index (χ1v) is 10.5. The minimum absolute atomic E-state index is 0.0175. The van der Waals surface area contributed by atoms with E-state index in [0.29, 0.717) is 25.4 Å². The Bertz CT molecular complexity index is 853. The van der Waals surface area contributed by atoms with Gasteiger partial charge >= 0.3 is 0 Å². The number of rotatable bonds is 6. The van der Waals surface area contributed by atoms with Crippen molar-refractivity contribution >= 4 is 11.8 Å². The molecular formula is C24H32N3O3+. The van der Waals surface area contributed by atoms with Gasteiger partial charge in [-0.25, -0.2) is 0 Å². The Balaban J connectivity index is 1.49. The number of benzene rings is 2. The van der Waals surface area contributed by atoms with Gasteiger partial charge < -0.3 is 19.9 Å². The van der Waals surface area contributed by atoms with Gasteiger partial charge in [-0.3, -0.25) is 9.59 Å². The van der Waals surface area contributed by atoms with Gasteiger partial charge in [-0.15, -0.1) is 0 Å². The lowest BCUT2D eigenvalue weighted by atomic mass is 10.1. The highest BCUT2D eigenvalue weighted by molar-refractivity contribution is 5.79. The maximum atomic E-state index is 12.6. The van der Waals surface area contributed by atoms with Gasteiger partial charge in [0, 0.05) is 11.1 Å². The van der Waals surface area contributed by atoms with Gasteiger partial charge in [0.25, 0.3) is 11.8 Å². The topological polar surface area (TPSA) is 63.1 Å². The third-order valence-electron chi connectivity index (χ3n) is 5.07. The van der Waals surface area contributed by atoms with E-state index in [9.17, 15) is 9.59 Å². The van der Waals surface area contributed by atoms with Crippen LogP contribution in [0.2, 0.25) is 0 Å². The van der Waals surface area contributed by atoms with Gasteiger partial charge in [-0.2, -0.15) is 0 Å². The van der Waals surface area contributed by atoms with Crippen molar-refractivity contribution in [2.45, 2.75) is 26.3 Å². The average Bonchev–Trinajstić information content (AvgIpc) is 2.72. The smallest absolute Gasteiger partial charge is 0.275 e. The number of amides is 2. The quantitative estimate of drug-likeness (QED) is 0.756. The largest absolute Gasteiger partial charge is 0.483 e. The molecule has 3 rings (SSSR count). The summed E-state index contributed by atoms with van der Waals surface area (Å²) in [6.45, 7) is 9.21. The van der Waals surface area contributed by atoms with E-state index in [1.807, 2.05) is 80.3 Å². The van der Waals surface area contributed by atoms with Gasteiger partial charge in [0.1, 0.15) is 5.75 Å². The first kappa shape index (κ1) is 21.8. The maximum absolute atomic E-state index is 12.6. The zero-order valence-corrected chi connectivity index (χ0v) is 18.1. The number of quaternary nitrogens is 1. The minimum atomic E-state index is -0.221. The fourth-order valence-electron chi connectivity index (χ4n) is 3.62. The summed E-state index contributed by atoms with van der Waals surface area (Å²) in [5, 5.41) is 3.00. The molecule has 0 aromatic heterocycles. The van der Waals surface area contributed by atoms with Crippen LogP contribution in [-0.2, 0) is 9.59 Å². The van der Waals surface area contributed by atoms with Gasteiger partial charge in [-0.05, 0) is 32.4 Å². The van der Waals surface area contributed by atoms with E-state index in [-0.39, 0.29) is 24.0 Å². The first-order chi connectivity index (χ1) is 14.3. The number of piperazine rings is 1. The van der Waals surface area contributed by atoms with E-state index in [0.717, 1.165) is 24.2 Å². The highest BCUT2D eigenvalue weighted by Crippen LogP contribution is 2.29. The second-order valence-electron chi connectivity index (χ2n) is 8.76. The molecule has 6 heteroatoms. The zero-order valence-electron chi connectivity index (χ0n) is 18.1. The molecule has 0 aliphatic carbocycles. The van der Waals surface area contributed by atoms with Crippen molar-refractivity contribution in [3.8, 4) is 16.9 Å². The highest BCUT2D eigenvalue weighted by atomic mass is 16.5. The Kier molecular flexibility index (Phi) is 7.11. The fraction of sp³-hybridized carbons (Fsp3) is 0.417. The van der Waals surface area contributed by atoms with Crippen molar-refractivity contribution in [2.75, 3.05) is 39.3 Å². The minimum Gasteiger partial charge on any atom is -0.483 e. The molecule has 1 aliphatic heterocycles. The van der Waals surface area contributed by atoms with E-state index < -0.39 is 0 Å². The van der Waals surface area contributed by atoms with Gasteiger partial charge in [0.05, 0.1) is 26.2 Å². The molecule has 30 heavy (non-hydrogen) atoms. The molecule has 1 heterocycles. The Hall–Kier alpha value is -2.86.